The van der Waals surface area contributed by atoms with Gasteiger partial charge in [0.1, 0.15) is 10.8 Å². The standard InChI is InChI=1S/C14H15FN2S/c1-10(16)8-11-6-7-14(17-9-11)18-13-5-3-2-4-12(13)15/h2-7,9-10H,8,16H2,1H3. The van der Waals surface area contributed by atoms with Gasteiger partial charge in [0.05, 0.1) is 0 Å². The van der Waals surface area contributed by atoms with E-state index in [9.17, 15) is 4.39 Å². The van der Waals surface area contributed by atoms with E-state index < -0.39 is 0 Å². The summed E-state index contributed by atoms with van der Waals surface area (Å²) >= 11 is 1.32. The predicted molar refractivity (Wildman–Crippen MR) is 72.1 cm³/mol. The molecule has 1 atom stereocenters. The molecule has 2 N–H and O–H groups in total. The fourth-order valence-corrected chi connectivity index (χ4v) is 2.38. The minimum Gasteiger partial charge on any atom is -0.328 e. The van der Waals surface area contributed by atoms with Crippen molar-refractivity contribution in [2.45, 2.75) is 29.3 Å². The second kappa shape index (κ2) is 5.98. The van der Waals surface area contributed by atoms with Crippen LogP contribution in [0.1, 0.15) is 12.5 Å². The van der Waals surface area contributed by atoms with Crippen LogP contribution in [0.25, 0.3) is 0 Å². The average Bonchev–Trinajstić information content (AvgIpc) is 2.34. The fourth-order valence-electron chi connectivity index (χ4n) is 1.60. The minimum atomic E-state index is -0.219. The van der Waals surface area contributed by atoms with Crippen molar-refractivity contribution in [2.24, 2.45) is 5.73 Å². The van der Waals surface area contributed by atoms with Crippen molar-refractivity contribution in [1.82, 2.24) is 4.98 Å². The molecule has 2 rings (SSSR count). The molecule has 0 spiro atoms. The third kappa shape index (κ3) is 3.55. The van der Waals surface area contributed by atoms with Crippen molar-refractivity contribution >= 4 is 11.8 Å². The van der Waals surface area contributed by atoms with Gasteiger partial charge in [-0.15, -0.1) is 0 Å². The zero-order chi connectivity index (χ0) is 13.0. The van der Waals surface area contributed by atoms with Crippen LogP contribution in [0.5, 0.6) is 0 Å². The van der Waals surface area contributed by atoms with Gasteiger partial charge in [0.25, 0.3) is 0 Å². The van der Waals surface area contributed by atoms with Crippen LogP contribution in [0, 0.1) is 5.82 Å². The van der Waals surface area contributed by atoms with Crippen molar-refractivity contribution in [3.8, 4) is 0 Å². The summed E-state index contributed by atoms with van der Waals surface area (Å²) in [5.74, 6) is -0.219. The first-order chi connectivity index (χ1) is 8.65. The monoisotopic (exact) mass is 262 g/mol. The van der Waals surface area contributed by atoms with E-state index in [4.69, 9.17) is 5.73 Å². The molecular formula is C14H15FN2S. The van der Waals surface area contributed by atoms with Crippen molar-refractivity contribution in [3.63, 3.8) is 0 Å². The molecule has 4 heteroatoms. The maximum atomic E-state index is 13.5. The largest absolute Gasteiger partial charge is 0.328 e. The van der Waals surface area contributed by atoms with Crippen LogP contribution in [0.3, 0.4) is 0 Å². The van der Waals surface area contributed by atoms with E-state index in [-0.39, 0.29) is 11.9 Å². The molecule has 94 valence electrons. The zero-order valence-corrected chi connectivity index (χ0v) is 11.0. The van der Waals surface area contributed by atoms with Gasteiger partial charge in [0.2, 0.25) is 0 Å². The highest BCUT2D eigenvalue weighted by Gasteiger charge is 2.04. The van der Waals surface area contributed by atoms with E-state index in [2.05, 4.69) is 4.98 Å². The average molecular weight is 262 g/mol. The van der Waals surface area contributed by atoms with Crippen molar-refractivity contribution < 1.29 is 4.39 Å². The summed E-state index contributed by atoms with van der Waals surface area (Å²) in [4.78, 5) is 4.90. The van der Waals surface area contributed by atoms with E-state index in [1.54, 1.807) is 18.3 Å². The fraction of sp³-hybridized carbons (Fsp3) is 0.214. The summed E-state index contributed by atoms with van der Waals surface area (Å²) in [5.41, 5.74) is 6.82. The Hall–Kier alpha value is -1.39. The summed E-state index contributed by atoms with van der Waals surface area (Å²) in [5, 5.41) is 0.786. The van der Waals surface area contributed by atoms with Gasteiger partial charge < -0.3 is 5.73 Å². The van der Waals surface area contributed by atoms with E-state index in [0.29, 0.717) is 4.90 Å². The number of nitrogens with zero attached hydrogens (tertiary/aromatic N) is 1. The van der Waals surface area contributed by atoms with Crippen LogP contribution in [0.2, 0.25) is 0 Å². The van der Waals surface area contributed by atoms with Gasteiger partial charge in [0, 0.05) is 17.1 Å². The number of benzene rings is 1. The molecule has 0 bridgehead atoms. The lowest BCUT2D eigenvalue weighted by atomic mass is 10.1. The Kier molecular flexibility index (Phi) is 4.33. The maximum absolute atomic E-state index is 13.5. The highest BCUT2D eigenvalue weighted by molar-refractivity contribution is 7.99. The lowest BCUT2D eigenvalue weighted by Crippen LogP contribution is -2.17. The van der Waals surface area contributed by atoms with E-state index in [0.717, 1.165) is 17.0 Å². The maximum Gasteiger partial charge on any atom is 0.137 e. The quantitative estimate of drug-likeness (QED) is 0.919. The Bertz CT molecular complexity index is 511. The number of nitrogens with two attached hydrogens (primary N) is 1. The molecule has 0 aliphatic rings. The van der Waals surface area contributed by atoms with Crippen LogP contribution in [0.4, 0.5) is 4.39 Å². The third-order valence-electron chi connectivity index (χ3n) is 2.41. The molecule has 18 heavy (non-hydrogen) atoms. The van der Waals surface area contributed by atoms with Gasteiger partial charge in [0.15, 0.2) is 0 Å². The van der Waals surface area contributed by atoms with Crippen LogP contribution in [-0.2, 0) is 6.42 Å². The normalized spacial score (nSPS) is 12.4. The van der Waals surface area contributed by atoms with Crippen LogP contribution < -0.4 is 5.73 Å². The molecule has 0 aliphatic carbocycles. The van der Waals surface area contributed by atoms with Crippen molar-refractivity contribution in [1.29, 1.82) is 0 Å². The topological polar surface area (TPSA) is 38.9 Å². The number of halogens is 1. The molecule has 1 heterocycles. The highest BCUT2D eigenvalue weighted by atomic mass is 32.2. The summed E-state index contributed by atoms with van der Waals surface area (Å²) in [6.07, 6.45) is 2.60. The Morgan fingerprint density at radius 2 is 2.06 bits per heavy atom. The Morgan fingerprint density at radius 3 is 2.67 bits per heavy atom. The summed E-state index contributed by atoms with van der Waals surface area (Å²) < 4.78 is 13.5. The number of aromatic nitrogens is 1. The van der Waals surface area contributed by atoms with Gasteiger partial charge in [-0.05, 0) is 37.1 Å². The molecule has 1 aromatic heterocycles. The molecule has 2 nitrogen and oxygen atoms in total. The zero-order valence-electron chi connectivity index (χ0n) is 10.1. The van der Waals surface area contributed by atoms with E-state index in [1.807, 2.05) is 25.1 Å². The van der Waals surface area contributed by atoms with E-state index in [1.165, 1.54) is 17.8 Å². The van der Waals surface area contributed by atoms with Crippen LogP contribution in [0.15, 0.2) is 52.5 Å². The smallest absolute Gasteiger partial charge is 0.137 e. The summed E-state index contributed by atoms with van der Waals surface area (Å²) in [6, 6.07) is 10.7. The number of hydrogen-bond acceptors (Lipinski definition) is 3. The molecule has 0 fully saturated rings. The minimum absolute atomic E-state index is 0.122. The Morgan fingerprint density at radius 1 is 1.28 bits per heavy atom. The second-order valence-corrected chi connectivity index (χ2v) is 5.28. The SMILES string of the molecule is CC(N)Cc1ccc(Sc2ccccc2F)nc1. The first-order valence-corrected chi connectivity index (χ1v) is 6.59. The van der Waals surface area contributed by atoms with Crippen LogP contribution >= 0.6 is 11.8 Å². The van der Waals surface area contributed by atoms with Gasteiger partial charge in [-0.25, -0.2) is 9.37 Å². The molecule has 0 saturated carbocycles. The summed E-state index contributed by atoms with van der Waals surface area (Å²) in [6.45, 7) is 1.96. The Labute approximate surface area is 110 Å². The molecule has 0 amide bonds. The number of pyridine rings is 1. The second-order valence-electron chi connectivity index (χ2n) is 4.22. The van der Waals surface area contributed by atoms with Gasteiger partial charge in [-0.1, -0.05) is 30.0 Å². The van der Waals surface area contributed by atoms with Crippen LogP contribution in [-0.4, -0.2) is 11.0 Å². The molecule has 0 saturated heterocycles. The molecule has 2 aromatic rings. The summed E-state index contributed by atoms with van der Waals surface area (Å²) in [7, 11) is 0. The first kappa shape index (κ1) is 13.1. The lowest BCUT2D eigenvalue weighted by molar-refractivity contribution is 0.602. The van der Waals surface area contributed by atoms with Gasteiger partial charge in [-0.2, -0.15) is 0 Å². The lowest BCUT2D eigenvalue weighted by Gasteiger charge is -2.06. The Balaban J connectivity index is 2.09. The molecule has 1 unspecified atom stereocenters. The molecular weight excluding hydrogens is 247 g/mol. The van der Waals surface area contributed by atoms with Gasteiger partial charge >= 0.3 is 0 Å². The molecule has 0 aliphatic heterocycles. The number of hydrogen-bond donors (Lipinski definition) is 1. The first-order valence-electron chi connectivity index (χ1n) is 5.78. The highest BCUT2D eigenvalue weighted by Crippen LogP contribution is 2.27. The van der Waals surface area contributed by atoms with Crippen molar-refractivity contribution in [2.75, 3.05) is 0 Å². The predicted octanol–water partition coefficient (Wildman–Crippen LogP) is 3.26. The van der Waals surface area contributed by atoms with Gasteiger partial charge in [-0.3, -0.25) is 0 Å². The van der Waals surface area contributed by atoms with Crippen molar-refractivity contribution in [3.05, 3.63) is 54.0 Å². The number of rotatable bonds is 4. The van der Waals surface area contributed by atoms with E-state index >= 15 is 0 Å². The third-order valence-corrected chi connectivity index (χ3v) is 3.41. The molecule has 1 aromatic carbocycles. The molecule has 0 radical (unpaired) electrons.